The van der Waals surface area contributed by atoms with Crippen molar-refractivity contribution in [1.29, 1.82) is 0 Å². The SMILES string of the molecule is [CH2]C(C)c1cccc(OC)c1F. The number of methoxy groups -OCH3 is 1. The van der Waals surface area contributed by atoms with Gasteiger partial charge in [-0.2, -0.15) is 0 Å². The Labute approximate surface area is 72.2 Å². The number of rotatable bonds is 2. The van der Waals surface area contributed by atoms with Gasteiger partial charge in [-0.25, -0.2) is 4.39 Å². The molecule has 1 radical (unpaired) electrons. The van der Waals surface area contributed by atoms with E-state index in [1.54, 1.807) is 18.2 Å². The smallest absolute Gasteiger partial charge is 0.168 e. The van der Waals surface area contributed by atoms with Gasteiger partial charge in [0.05, 0.1) is 7.11 Å². The Hall–Kier alpha value is -1.05. The lowest BCUT2D eigenvalue weighted by Crippen LogP contribution is -1.96. The van der Waals surface area contributed by atoms with E-state index in [-0.39, 0.29) is 17.5 Å². The minimum absolute atomic E-state index is 0.0555. The summed E-state index contributed by atoms with van der Waals surface area (Å²) in [6.07, 6.45) is 0. The van der Waals surface area contributed by atoms with E-state index in [2.05, 4.69) is 6.92 Å². The van der Waals surface area contributed by atoms with Crippen molar-refractivity contribution < 1.29 is 9.13 Å². The van der Waals surface area contributed by atoms with Crippen molar-refractivity contribution in [2.45, 2.75) is 12.8 Å². The van der Waals surface area contributed by atoms with Gasteiger partial charge in [0.15, 0.2) is 11.6 Å². The zero-order chi connectivity index (χ0) is 9.14. The lowest BCUT2D eigenvalue weighted by molar-refractivity contribution is 0.383. The molecular weight excluding hydrogens is 155 g/mol. The van der Waals surface area contributed by atoms with Crippen molar-refractivity contribution in [1.82, 2.24) is 0 Å². The van der Waals surface area contributed by atoms with Crippen LogP contribution in [0.5, 0.6) is 5.75 Å². The van der Waals surface area contributed by atoms with E-state index in [1.807, 2.05) is 6.92 Å². The van der Waals surface area contributed by atoms with E-state index >= 15 is 0 Å². The highest BCUT2D eigenvalue weighted by Gasteiger charge is 2.10. The molecule has 1 nitrogen and oxygen atoms in total. The van der Waals surface area contributed by atoms with Crippen LogP contribution in [0, 0.1) is 12.7 Å². The van der Waals surface area contributed by atoms with Gasteiger partial charge in [-0.05, 0) is 24.5 Å². The third-order valence-corrected chi connectivity index (χ3v) is 1.74. The molecule has 1 rings (SSSR count). The first kappa shape index (κ1) is 9.04. The molecular formula is C10H12FO. The highest BCUT2D eigenvalue weighted by Crippen LogP contribution is 2.25. The summed E-state index contributed by atoms with van der Waals surface area (Å²) < 4.78 is 18.2. The van der Waals surface area contributed by atoms with E-state index in [4.69, 9.17) is 4.74 Å². The summed E-state index contributed by atoms with van der Waals surface area (Å²) in [5.74, 6) is -0.0781. The third-order valence-electron chi connectivity index (χ3n) is 1.74. The van der Waals surface area contributed by atoms with Crippen LogP contribution in [0.1, 0.15) is 18.4 Å². The minimum atomic E-state index is -0.303. The van der Waals surface area contributed by atoms with Crippen LogP contribution in [0.15, 0.2) is 18.2 Å². The van der Waals surface area contributed by atoms with Gasteiger partial charge < -0.3 is 4.74 Å². The van der Waals surface area contributed by atoms with Crippen LogP contribution in [0.4, 0.5) is 4.39 Å². The highest BCUT2D eigenvalue weighted by atomic mass is 19.1. The molecule has 0 bridgehead atoms. The first-order valence-corrected chi connectivity index (χ1v) is 3.82. The first-order chi connectivity index (χ1) is 5.66. The summed E-state index contributed by atoms with van der Waals surface area (Å²) in [5, 5.41) is 0. The summed E-state index contributed by atoms with van der Waals surface area (Å²) in [4.78, 5) is 0. The molecule has 12 heavy (non-hydrogen) atoms. The quantitative estimate of drug-likeness (QED) is 0.658. The maximum Gasteiger partial charge on any atom is 0.168 e. The Morgan fingerprint density at radius 3 is 2.67 bits per heavy atom. The monoisotopic (exact) mass is 167 g/mol. The second-order valence-corrected chi connectivity index (χ2v) is 2.76. The molecule has 65 valence electrons. The van der Waals surface area contributed by atoms with Crippen LogP contribution >= 0.6 is 0 Å². The van der Waals surface area contributed by atoms with Gasteiger partial charge in [-0.1, -0.05) is 19.1 Å². The van der Waals surface area contributed by atoms with Crippen LogP contribution < -0.4 is 4.74 Å². The van der Waals surface area contributed by atoms with Crippen LogP contribution in [0.2, 0.25) is 0 Å². The zero-order valence-corrected chi connectivity index (χ0v) is 7.30. The highest BCUT2D eigenvalue weighted by molar-refractivity contribution is 5.33. The standard InChI is InChI=1S/C10H12FO/c1-7(2)8-5-4-6-9(12-3)10(8)11/h4-7H,1H2,2-3H3. The number of ether oxygens (including phenoxy) is 1. The molecule has 0 fully saturated rings. The largest absolute Gasteiger partial charge is 0.494 e. The molecule has 1 aromatic carbocycles. The van der Waals surface area contributed by atoms with Gasteiger partial charge in [0.1, 0.15) is 0 Å². The fourth-order valence-corrected chi connectivity index (χ4v) is 1.07. The fraction of sp³-hybridized carbons (Fsp3) is 0.300. The predicted molar refractivity (Wildman–Crippen MR) is 46.7 cm³/mol. The predicted octanol–water partition coefficient (Wildman–Crippen LogP) is 2.77. The molecule has 2 heteroatoms. The first-order valence-electron chi connectivity index (χ1n) is 3.82. The molecule has 0 N–H and O–H groups in total. The molecule has 1 unspecified atom stereocenters. The summed E-state index contributed by atoms with van der Waals surface area (Å²) in [5.41, 5.74) is 0.592. The number of benzene rings is 1. The normalized spacial score (nSPS) is 10.4. The van der Waals surface area contributed by atoms with Crippen LogP contribution in [-0.4, -0.2) is 7.11 Å². The average molecular weight is 167 g/mol. The lowest BCUT2D eigenvalue weighted by Gasteiger charge is -2.09. The van der Waals surface area contributed by atoms with Gasteiger partial charge >= 0.3 is 0 Å². The number of hydrogen-bond acceptors (Lipinski definition) is 1. The van der Waals surface area contributed by atoms with Crippen molar-refractivity contribution in [2.75, 3.05) is 7.11 Å². The summed E-state index contributed by atoms with van der Waals surface area (Å²) >= 11 is 0. The molecule has 0 spiro atoms. The average Bonchev–Trinajstić information content (AvgIpc) is 2.04. The van der Waals surface area contributed by atoms with Crippen molar-refractivity contribution >= 4 is 0 Å². The van der Waals surface area contributed by atoms with Gasteiger partial charge in [0.25, 0.3) is 0 Å². The molecule has 0 heterocycles. The van der Waals surface area contributed by atoms with Gasteiger partial charge in [-0.15, -0.1) is 0 Å². The van der Waals surface area contributed by atoms with Gasteiger partial charge in [0, 0.05) is 0 Å². The van der Waals surface area contributed by atoms with E-state index in [0.717, 1.165) is 0 Å². The number of hydrogen-bond donors (Lipinski definition) is 0. The molecule has 0 aliphatic rings. The Morgan fingerprint density at radius 1 is 1.50 bits per heavy atom. The van der Waals surface area contributed by atoms with Crippen molar-refractivity contribution in [3.8, 4) is 5.75 Å². The molecule has 1 aromatic rings. The maximum atomic E-state index is 13.4. The Bertz CT molecular complexity index is 269. The topological polar surface area (TPSA) is 9.23 Å². The van der Waals surface area contributed by atoms with Crippen molar-refractivity contribution in [3.63, 3.8) is 0 Å². The van der Waals surface area contributed by atoms with Gasteiger partial charge in [-0.3, -0.25) is 0 Å². The maximum absolute atomic E-state index is 13.4. The van der Waals surface area contributed by atoms with E-state index in [9.17, 15) is 4.39 Å². The van der Waals surface area contributed by atoms with Crippen LogP contribution in [-0.2, 0) is 0 Å². The van der Waals surface area contributed by atoms with Crippen molar-refractivity contribution in [3.05, 3.63) is 36.5 Å². The van der Waals surface area contributed by atoms with E-state index in [0.29, 0.717) is 5.56 Å². The molecule has 0 aliphatic carbocycles. The minimum Gasteiger partial charge on any atom is -0.494 e. The van der Waals surface area contributed by atoms with Gasteiger partial charge in [0.2, 0.25) is 0 Å². The Balaban J connectivity index is 3.14. The molecule has 0 saturated heterocycles. The molecule has 0 aliphatic heterocycles. The van der Waals surface area contributed by atoms with E-state index < -0.39 is 0 Å². The zero-order valence-electron chi connectivity index (χ0n) is 7.30. The summed E-state index contributed by atoms with van der Waals surface area (Å²) in [6.45, 7) is 5.59. The Morgan fingerprint density at radius 2 is 2.17 bits per heavy atom. The molecule has 0 saturated carbocycles. The summed E-state index contributed by atoms with van der Waals surface area (Å²) in [7, 11) is 1.45. The fourth-order valence-electron chi connectivity index (χ4n) is 1.07. The summed E-state index contributed by atoms with van der Waals surface area (Å²) in [6, 6.07) is 5.08. The third kappa shape index (κ3) is 1.58. The number of halogens is 1. The second kappa shape index (κ2) is 3.57. The molecule has 0 amide bonds. The lowest BCUT2D eigenvalue weighted by atomic mass is 10.0. The van der Waals surface area contributed by atoms with Crippen LogP contribution in [0.25, 0.3) is 0 Å². The molecule has 1 atom stereocenters. The van der Waals surface area contributed by atoms with Crippen LogP contribution in [0.3, 0.4) is 0 Å². The van der Waals surface area contributed by atoms with E-state index in [1.165, 1.54) is 7.11 Å². The Kier molecular flexibility index (Phi) is 2.69. The van der Waals surface area contributed by atoms with Crippen molar-refractivity contribution in [2.24, 2.45) is 0 Å². The second-order valence-electron chi connectivity index (χ2n) is 2.76. The molecule has 0 aromatic heterocycles.